The summed E-state index contributed by atoms with van der Waals surface area (Å²) in [4.78, 5) is 14.0. The SMILES string of the molecule is C[C@H]1C2C(CCN1C(=O)CO)NC1C(Cl)C(Cl)CC(C3CC(C(F)(F)F)NN3C)C12. The van der Waals surface area contributed by atoms with Crippen molar-refractivity contribution in [3.8, 4) is 0 Å². The lowest BCUT2D eigenvalue weighted by molar-refractivity contribution is -0.156. The molecule has 1 amide bonds. The van der Waals surface area contributed by atoms with Gasteiger partial charge in [-0.2, -0.15) is 13.2 Å². The molecule has 10 atom stereocenters. The van der Waals surface area contributed by atoms with Gasteiger partial charge in [-0.1, -0.05) is 0 Å². The maximum atomic E-state index is 13.4. The molecule has 4 rings (SSSR count). The molecule has 3 saturated heterocycles. The minimum absolute atomic E-state index is 0.00183. The second kappa shape index (κ2) is 8.23. The molecule has 30 heavy (non-hydrogen) atoms. The Morgan fingerprint density at radius 2 is 1.93 bits per heavy atom. The number of amides is 1. The number of alkyl halides is 5. The van der Waals surface area contributed by atoms with E-state index in [-0.39, 0.29) is 65.0 Å². The van der Waals surface area contributed by atoms with E-state index < -0.39 is 18.8 Å². The van der Waals surface area contributed by atoms with Gasteiger partial charge < -0.3 is 15.3 Å². The van der Waals surface area contributed by atoms with Crippen LogP contribution in [0.2, 0.25) is 0 Å². The third-order valence-electron chi connectivity index (χ3n) is 7.82. The minimum Gasteiger partial charge on any atom is -0.387 e. The molecule has 9 unspecified atom stereocenters. The summed E-state index contributed by atoms with van der Waals surface area (Å²) in [6.45, 7) is 1.96. The van der Waals surface area contributed by atoms with Gasteiger partial charge in [0.15, 0.2) is 0 Å². The second-order valence-electron chi connectivity index (χ2n) is 9.23. The molecular weight excluding hydrogens is 444 g/mol. The molecular formula is C19H29Cl2F3N4O2. The highest BCUT2D eigenvalue weighted by atomic mass is 35.5. The third kappa shape index (κ3) is 3.73. The van der Waals surface area contributed by atoms with Crippen molar-refractivity contribution in [2.45, 2.75) is 73.3 Å². The fourth-order valence-corrected chi connectivity index (χ4v) is 7.25. The molecule has 1 saturated carbocycles. The van der Waals surface area contributed by atoms with Gasteiger partial charge in [-0.25, -0.2) is 10.4 Å². The molecule has 0 bridgehead atoms. The van der Waals surface area contributed by atoms with Gasteiger partial charge in [0.25, 0.3) is 0 Å². The number of hydrogen-bond donors (Lipinski definition) is 3. The van der Waals surface area contributed by atoms with Crippen molar-refractivity contribution in [3.05, 3.63) is 0 Å². The monoisotopic (exact) mass is 472 g/mol. The van der Waals surface area contributed by atoms with Crippen LogP contribution in [0.25, 0.3) is 0 Å². The Labute approximate surface area is 184 Å². The van der Waals surface area contributed by atoms with Crippen LogP contribution in [0.3, 0.4) is 0 Å². The number of carbonyl (C=O) groups is 1. The van der Waals surface area contributed by atoms with E-state index in [1.165, 1.54) is 0 Å². The average molecular weight is 473 g/mol. The maximum absolute atomic E-state index is 13.4. The zero-order valence-electron chi connectivity index (χ0n) is 16.9. The molecule has 6 nitrogen and oxygen atoms in total. The first-order valence-corrected chi connectivity index (χ1v) is 11.4. The van der Waals surface area contributed by atoms with E-state index in [1.54, 1.807) is 17.0 Å². The molecule has 0 aromatic rings. The summed E-state index contributed by atoms with van der Waals surface area (Å²) in [6.07, 6.45) is -3.09. The summed E-state index contributed by atoms with van der Waals surface area (Å²) in [5.74, 6) is -0.358. The van der Waals surface area contributed by atoms with Crippen molar-refractivity contribution in [1.29, 1.82) is 0 Å². The van der Waals surface area contributed by atoms with Crippen molar-refractivity contribution in [3.63, 3.8) is 0 Å². The molecule has 3 N–H and O–H groups in total. The van der Waals surface area contributed by atoms with Crippen LogP contribution in [-0.2, 0) is 4.79 Å². The van der Waals surface area contributed by atoms with Gasteiger partial charge in [0.1, 0.15) is 12.6 Å². The first-order valence-electron chi connectivity index (χ1n) is 10.5. The van der Waals surface area contributed by atoms with E-state index in [0.29, 0.717) is 13.0 Å². The van der Waals surface area contributed by atoms with Crippen molar-refractivity contribution in [2.24, 2.45) is 17.8 Å². The lowest BCUT2D eigenvalue weighted by atomic mass is 9.64. The van der Waals surface area contributed by atoms with Crippen molar-refractivity contribution < 1.29 is 23.1 Å². The Morgan fingerprint density at radius 1 is 1.23 bits per heavy atom. The number of halogens is 5. The summed E-state index contributed by atoms with van der Waals surface area (Å²) >= 11 is 13.3. The number of aliphatic hydroxyl groups is 1. The Balaban J connectivity index is 1.64. The highest BCUT2D eigenvalue weighted by Crippen LogP contribution is 2.51. The Morgan fingerprint density at radius 3 is 2.53 bits per heavy atom. The number of likely N-dealkylation sites (tertiary alicyclic amines) is 1. The van der Waals surface area contributed by atoms with Crippen LogP contribution in [0.5, 0.6) is 0 Å². The summed E-state index contributed by atoms with van der Waals surface area (Å²) in [6, 6.07) is -2.03. The van der Waals surface area contributed by atoms with E-state index in [2.05, 4.69) is 10.7 Å². The fourth-order valence-electron chi connectivity index (χ4n) is 6.55. The summed E-state index contributed by atoms with van der Waals surface area (Å²) in [7, 11) is 1.66. The van der Waals surface area contributed by atoms with E-state index in [9.17, 15) is 23.1 Å². The lowest BCUT2D eigenvalue weighted by Crippen LogP contribution is -2.57. The fraction of sp³-hybridized carbons (Fsp3) is 0.947. The van der Waals surface area contributed by atoms with Gasteiger partial charge >= 0.3 is 6.18 Å². The zero-order chi connectivity index (χ0) is 22.0. The second-order valence-corrected chi connectivity index (χ2v) is 10.3. The van der Waals surface area contributed by atoms with Gasteiger partial charge in [0.05, 0.1) is 10.8 Å². The molecule has 4 fully saturated rings. The van der Waals surface area contributed by atoms with Crippen LogP contribution in [0.1, 0.15) is 26.2 Å². The molecule has 11 heteroatoms. The van der Waals surface area contributed by atoms with Crippen LogP contribution in [-0.4, -0.2) is 88.3 Å². The van der Waals surface area contributed by atoms with Gasteiger partial charge in [0.2, 0.25) is 5.91 Å². The van der Waals surface area contributed by atoms with E-state index in [4.69, 9.17) is 23.2 Å². The molecule has 0 radical (unpaired) electrons. The number of hydrazine groups is 1. The standard InChI is InChI=1S/C19H29Cl2F3N4O2/c1-8-15-11(3-4-28(8)14(30)7-29)25-18-16(15)9(5-10(20)17(18)21)12-6-13(19(22,23)24)26-27(12)2/h8-13,15-18,25-26,29H,3-7H2,1-2H3/t8-,9?,10?,11?,12?,13?,15?,16?,17?,18?/m0/s1. The molecule has 1 aliphatic carbocycles. The third-order valence-corrected chi connectivity index (χ3v) is 8.97. The predicted molar refractivity (Wildman–Crippen MR) is 107 cm³/mol. The molecule has 4 aliphatic rings. The van der Waals surface area contributed by atoms with E-state index >= 15 is 0 Å². The van der Waals surface area contributed by atoms with Crippen molar-refractivity contribution >= 4 is 29.1 Å². The van der Waals surface area contributed by atoms with Crippen LogP contribution in [0.4, 0.5) is 13.2 Å². The summed E-state index contributed by atoms with van der Waals surface area (Å²) < 4.78 is 40.1. The Kier molecular flexibility index (Phi) is 6.27. The Hall–Kier alpha value is -0.320. The first-order chi connectivity index (χ1) is 14.0. The lowest BCUT2D eigenvalue weighted by Gasteiger charge is -2.49. The number of nitrogens with zero attached hydrogens (tertiary/aromatic N) is 2. The van der Waals surface area contributed by atoms with E-state index in [1.807, 2.05) is 6.92 Å². The molecule has 3 heterocycles. The zero-order valence-corrected chi connectivity index (χ0v) is 18.5. The van der Waals surface area contributed by atoms with Crippen molar-refractivity contribution in [1.82, 2.24) is 20.7 Å². The molecule has 172 valence electrons. The predicted octanol–water partition coefficient (Wildman–Crippen LogP) is 1.55. The smallest absolute Gasteiger partial charge is 0.387 e. The molecule has 0 aromatic heterocycles. The number of piperidine rings is 1. The first kappa shape index (κ1) is 22.9. The van der Waals surface area contributed by atoms with Crippen LogP contribution in [0, 0.1) is 17.8 Å². The highest BCUT2D eigenvalue weighted by Gasteiger charge is 2.60. The largest absolute Gasteiger partial charge is 0.405 e. The molecule has 0 aromatic carbocycles. The maximum Gasteiger partial charge on any atom is 0.405 e. The number of nitrogens with one attached hydrogen (secondary N) is 2. The number of aliphatic hydroxyl groups excluding tert-OH is 1. The molecule has 0 spiro atoms. The number of rotatable bonds is 2. The van der Waals surface area contributed by atoms with Gasteiger partial charge in [-0.15, -0.1) is 23.2 Å². The summed E-state index contributed by atoms with van der Waals surface area (Å²) in [5.41, 5.74) is 2.58. The Bertz CT molecular complexity index is 672. The minimum atomic E-state index is -4.31. The number of hydrogen-bond acceptors (Lipinski definition) is 5. The van der Waals surface area contributed by atoms with Crippen LogP contribution in [0.15, 0.2) is 0 Å². The van der Waals surface area contributed by atoms with Crippen LogP contribution >= 0.6 is 23.2 Å². The van der Waals surface area contributed by atoms with E-state index in [0.717, 1.165) is 6.42 Å². The van der Waals surface area contributed by atoms with Gasteiger partial charge in [-0.3, -0.25) is 4.79 Å². The number of fused-ring (bicyclic) bond motifs is 3. The van der Waals surface area contributed by atoms with Crippen molar-refractivity contribution in [2.75, 3.05) is 20.2 Å². The highest BCUT2D eigenvalue weighted by molar-refractivity contribution is 6.30. The quantitative estimate of drug-likeness (QED) is 0.532. The van der Waals surface area contributed by atoms with Gasteiger partial charge in [0, 0.05) is 37.8 Å². The summed E-state index contributed by atoms with van der Waals surface area (Å²) in [5, 5.41) is 13.9. The normalized spacial score (nSPS) is 47.3. The topological polar surface area (TPSA) is 67.8 Å². The number of carbonyl (C=O) groups excluding carboxylic acids is 1. The molecule has 3 aliphatic heterocycles. The average Bonchev–Trinajstić information content (AvgIpc) is 3.26. The van der Waals surface area contributed by atoms with Gasteiger partial charge in [-0.05, 0) is 43.9 Å². The van der Waals surface area contributed by atoms with Crippen LogP contribution < -0.4 is 10.7 Å².